The Balaban J connectivity index is 1.28. The van der Waals surface area contributed by atoms with Crippen molar-refractivity contribution in [2.24, 2.45) is 0 Å². The fourth-order valence-corrected chi connectivity index (χ4v) is 5.51. The first-order valence-electron chi connectivity index (χ1n) is 13.2. The zero-order valence-corrected chi connectivity index (χ0v) is 23.9. The number of amides is 1. The van der Waals surface area contributed by atoms with Gasteiger partial charge in [-0.15, -0.1) is 0 Å². The molecule has 2 aromatic heterocycles. The third-order valence-electron chi connectivity index (χ3n) is 7.58. The first-order valence-corrected chi connectivity index (χ1v) is 13.5. The topological polar surface area (TPSA) is 72.2 Å². The number of ether oxygens (including phenoxy) is 2. The minimum atomic E-state index is 0.167. The zero-order valence-electron chi connectivity index (χ0n) is 23.1. The molecule has 1 amide bonds. The molecule has 1 fully saturated rings. The smallest absolute Gasteiger partial charge is 0.223 e. The van der Waals surface area contributed by atoms with Gasteiger partial charge in [-0.05, 0) is 62.6 Å². The number of hydrogen-bond acceptors (Lipinski definition) is 6. The Morgan fingerprint density at radius 2 is 1.74 bits per heavy atom. The summed E-state index contributed by atoms with van der Waals surface area (Å²) in [6, 6.07) is 13.6. The van der Waals surface area contributed by atoms with Gasteiger partial charge in [0.05, 0.1) is 19.9 Å². The molecule has 0 aliphatic carbocycles. The maximum atomic E-state index is 13.2. The molecule has 1 saturated heterocycles. The Morgan fingerprint density at radius 3 is 2.46 bits per heavy atom. The highest BCUT2D eigenvalue weighted by molar-refractivity contribution is 6.30. The van der Waals surface area contributed by atoms with Gasteiger partial charge in [-0.25, -0.2) is 9.50 Å². The molecule has 9 heteroatoms. The number of anilines is 1. The Bertz CT molecular complexity index is 1530. The van der Waals surface area contributed by atoms with Gasteiger partial charge < -0.3 is 19.3 Å². The van der Waals surface area contributed by atoms with Gasteiger partial charge in [-0.1, -0.05) is 17.7 Å². The molecule has 8 nitrogen and oxygen atoms in total. The second kappa shape index (κ2) is 11.1. The van der Waals surface area contributed by atoms with Crippen molar-refractivity contribution >= 4 is 28.8 Å². The van der Waals surface area contributed by atoms with Crippen LogP contribution in [0, 0.1) is 20.8 Å². The van der Waals surface area contributed by atoms with Gasteiger partial charge in [-0.3, -0.25) is 4.79 Å². The molecular weight excluding hydrogens is 514 g/mol. The lowest BCUT2D eigenvalue weighted by Gasteiger charge is -2.37. The number of nitrogens with zero attached hydrogens (tertiary/aromatic N) is 5. The molecule has 0 N–H and O–H groups in total. The molecule has 3 heterocycles. The summed E-state index contributed by atoms with van der Waals surface area (Å²) in [7, 11) is 3.26. The predicted molar refractivity (Wildman–Crippen MR) is 154 cm³/mol. The lowest BCUT2D eigenvalue weighted by molar-refractivity contribution is -0.131. The van der Waals surface area contributed by atoms with Crippen molar-refractivity contribution in [2.75, 3.05) is 45.3 Å². The highest BCUT2D eigenvalue weighted by atomic mass is 35.5. The number of hydrogen-bond donors (Lipinski definition) is 0. The monoisotopic (exact) mass is 547 g/mol. The summed E-state index contributed by atoms with van der Waals surface area (Å²) < 4.78 is 12.8. The minimum Gasteiger partial charge on any atom is -0.497 e. The molecule has 1 aliphatic rings. The molecule has 0 atom stereocenters. The maximum Gasteiger partial charge on any atom is 0.223 e. The fourth-order valence-electron chi connectivity index (χ4n) is 5.34. The van der Waals surface area contributed by atoms with Gasteiger partial charge in [0.15, 0.2) is 5.65 Å². The van der Waals surface area contributed by atoms with Gasteiger partial charge >= 0.3 is 0 Å². The lowest BCUT2D eigenvalue weighted by Crippen LogP contribution is -2.49. The number of benzene rings is 2. The molecule has 4 aromatic rings. The number of carbonyl (C=O) groups is 1. The van der Waals surface area contributed by atoms with Gasteiger partial charge in [0.2, 0.25) is 5.91 Å². The molecular formula is C30H34ClN5O3. The summed E-state index contributed by atoms with van der Waals surface area (Å²) in [5.41, 5.74) is 7.70. The largest absolute Gasteiger partial charge is 0.497 e. The highest BCUT2D eigenvalue weighted by Crippen LogP contribution is 2.33. The Hall–Kier alpha value is -3.78. The van der Waals surface area contributed by atoms with Crippen molar-refractivity contribution < 1.29 is 14.3 Å². The summed E-state index contributed by atoms with van der Waals surface area (Å²) in [6.07, 6.45) is 1.06. The molecule has 2 aromatic carbocycles. The van der Waals surface area contributed by atoms with Crippen LogP contribution in [0.15, 0.2) is 42.5 Å². The Kier molecular flexibility index (Phi) is 7.66. The maximum absolute atomic E-state index is 13.2. The van der Waals surface area contributed by atoms with Crippen molar-refractivity contribution in [1.82, 2.24) is 19.5 Å². The van der Waals surface area contributed by atoms with E-state index in [2.05, 4.69) is 11.8 Å². The summed E-state index contributed by atoms with van der Waals surface area (Å²) in [5, 5.41) is 5.57. The lowest BCUT2D eigenvalue weighted by atomic mass is 10.1. The van der Waals surface area contributed by atoms with Crippen molar-refractivity contribution in [1.29, 1.82) is 0 Å². The predicted octanol–water partition coefficient (Wildman–Crippen LogP) is 5.27. The second-order valence-electron chi connectivity index (χ2n) is 9.93. The SMILES string of the molecule is COc1ccc(-c2cc3nc(C)c(CCC(=O)N4CCN(c5cc(Cl)ccc5C)CC4)c(C)n3n2)c(OC)c1. The number of rotatable bonds is 7. The van der Waals surface area contributed by atoms with E-state index in [0.29, 0.717) is 31.7 Å². The van der Waals surface area contributed by atoms with Crippen molar-refractivity contribution in [2.45, 2.75) is 33.6 Å². The van der Waals surface area contributed by atoms with E-state index < -0.39 is 0 Å². The molecule has 0 radical (unpaired) electrons. The fraction of sp³-hybridized carbons (Fsp3) is 0.367. The van der Waals surface area contributed by atoms with Crippen LogP contribution in [0.3, 0.4) is 0 Å². The molecule has 204 valence electrons. The Morgan fingerprint density at radius 1 is 0.974 bits per heavy atom. The number of aryl methyl sites for hydroxylation is 3. The molecule has 1 aliphatic heterocycles. The molecule has 0 saturated carbocycles. The van der Waals surface area contributed by atoms with E-state index in [9.17, 15) is 4.79 Å². The summed E-state index contributed by atoms with van der Waals surface area (Å²) in [4.78, 5) is 22.2. The standard InChI is InChI=1S/C30H34ClN5O3/c1-19-6-7-22(31)16-27(19)34-12-14-35(15-13-34)30(37)11-10-24-20(2)32-29-18-26(33-36(29)21(24)3)25-9-8-23(38-4)17-28(25)39-5/h6-9,16-18H,10-15H2,1-5H3. The number of aromatic nitrogens is 3. The average Bonchev–Trinajstić information content (AvgIpc) is 3.37. The summed E-state index contributed by atoms with van der Waals surface area (Å²) in [6.45, 7) is 9.12. The number of methoxy groups -OCH3 is 2. The van der Waals surface area contributed by atoms with Crippen LogP contribution >= 0.6 is 11.6 Å². The molecule has 0 bridgehead atoms. The van der Waals surface area contributed by atoms with Crippen molar-refractivity contribution in [3.63, 3.8) is 0 Å². The molecule has 5 rings (SSSR count). The van der Waals surface area contributed by atoms with E-state index >= 15 is 0 Å². The normalized spacial score (nSPS) is 13.7. The van der Waals surface area contributed by atoms with E-state index in [1.807, 2.05) is 65.7 Å². The van der Waals surface area contributed by atoms with E-state index in [1.54, 1.807) is 14.2 Å². The second-order valence-corrected chi connectivity index (χ2v) is 10.4. The van der Waals surface area contributed by atoms with Gasteiger partial charge in [0, 0.05) is 72.4 Å². The van der Waals surface area contributed by atoms with E-state index in [-0.39, 0.29) is 5.91 Å². The van der Waals surface area contributed by atoms with Crippen LogP contribution < -0.4 is 14.4 Å². The first kappa shape index (κ1) is 26.8. The quantitative estimate of drug-likeness (QED) is 0.314. The Labute approximate surface area is 234 Å². The third kappa shape index (κ3) is 5.39. The van der Waals surface area contributed by atoms with Crippen LogP contribution in [0.25, 0.3) is 16.9 Å². The van der Waals surface area contributed by atoms with Crippen LogP contribution in [0.5, 0.6) is 11.5 Å². The average molecular weight is 548 g/mol. The highest BCUT2D eigenvalue weighted by Gasteiger charge is 2.23. The molecule has 0 unspecified atom stereocenters. The van der Waals surface area contributed by atoms with Crippen molar-refractivity contribution in [3.8, 4) is 22.8 Å². The molecule has 0 spiro atoms. The molecule has 39 heavy (non-hydrogen) atoms. The minimum absolute atomic E-state index is 0.167. The van der Waals surface area contributed by atoms with Gasteiger partial charge in [0.25, 0.3) is 0 Å². The van der Waals surface area contributed by atoms with E-state index in [0.717, 1.165) is 63.4 Å². The summed E-state index contributed by atoms with van der Waals surface area (Å²) in [5.74, 6) is 1.57. The van der Waals surface area contributed by atoms with Crippen LogP contribution in [0.1, 0.15) is 28.9 Å². The number of carbonyl (C=O) groups excluding carboxylic acids is 1. The number of piperazine rings is 1. The van der Waals surface area contributed by atoms with Crippen LogP contribution in [-0.2, 0) is 11.2 Å². The first-order chi connectivity index (χ1) is 18.8. The van der Waals surface area contributed by atoms with Crippen molar-refractivity contribution in [3.05, 3.63) is 70.0 Å². The number of halogens is 1. The third-order valence-corrected chi connectivity index (χ3v) is 7.82. The van der Waals surface area contributed by atoms with E-state index in [4.69, 9.17) is 31.2 Å². The van der Waals surface area contributed by atoms with Gasteiger partial charge in [0.1, 0.15) is 11.5 Å². The van der Waals surface area contributed by atoms with Gasteiger partial charge in [-0.2, -0.15) is 5.10 Å². The number of fused-ring (bicyclic) bond motifs is 1. The van der Waals surface area contributed by atoms with E-state index in [1.165, 1.54) is 5.56 Å². The van der Waals surface area contributed by atoms with Crippen LogP contribution in [-0.4, -0.2) is 65.8 Å². The van der Waals surface area contributed by atoms with Crippen LogP contribution in [0.2, 0.25) is 5.02 Å². The van der Waals surface area contributed by atoms with Crippen LogP contribution in [0.4, 0.5) is 5.69 Å². The summed E-state index contributed by atoms with van der Waals surface area (Å²) >= 11 is 6.22. The zero-order chi connectivity index (χ0) is 27.7.